The summed E-state index contributed by atoms with van der Waals surface area (Å²) < 4.78 is 11.6. The number of carbonyl (C=O) groups excluding carboxylic acids is 2. The quantitative estimate of drug-likeness (QED) is 0.272. The van der Waals surface area contributed by atoms with Crippen LogP contribution in [0.4, 0.5) is 11.4 Å². The third-order valence-electron chi connectivity index (χ3n) is 8.75. The lowest BCUT2D eigenvalue weighted by Gasteiger charge is -2.31. The van der Waals surface area contributed by atoms with Gasteiger partial charge in [-0.3, -0.25) is 14.5 Å². The highest BCUT2D eigenvalue weighted by Crippen LogP contribution is 2.45. The molecule has 1 fully saturated rings. The van der Waals surface area contributed by atoms with Crippen molar-refractivity contribution in [1.29, 1.82) is 0 Å². The first-order chi connectivity index (χ1) is 21.8. The van der Waals surface area contributed by atoms with Crippen LogP contribution in [0.2, 0.25) is 10.0 Å². The van der Waals surface area contributed by atoms with Gasteiger partial charge in [0, 0.05) is 55.5 Å². The number of hydrogen-bond acceptors (Lipinski definition) is 6. The van der Waals surface area contributed by atoms with E-state index >= 15 is 0 Å². The van der Waals surface area contributed by atoms with Crippen molar-refractivity contribution in [3.8, 4) is 44.9 Å². The minimum absolute atomic E-state index is 0.00515. The van der Waals surface area contributed by atoms with Crippen LogP contribution in [-0.2, 0) is 9.59 Å². The zero-order valence-corrected chi connectivity index (χ0v) is 26.1. The lowest BCUT2D eigenvalue weighted by molar-refractivity contribution is -0.121. The Bertz CT molecular complexity index is 1830. The number of anilines is 2. The summed E-state index contributed by atoms with van der Waals surface area (Å²) in [6, 6.07) is 23.1. The van der Waals surface area contributed by atoms with Gasteiger partial charge in [0.25, 0.3) is 11.8 Å². The first-order valence-electron chi connectivity index (χ1n) is 14.9. The van der Waals surface area contributed by atoms with Crippen LogP contribution in [0.25, 0.3) is 33.4 Å². The smallest absolute Gasteiger partial charge is 0.265 e. The van der Waals surface area contributed by atoms with E-state index in [9.17, 15) is 14.7 Å². The molecule has 0 aromatic heterocycles. The normalized spacial score (nSPS) is 18.0. The summed E-state index contributed by atoms with van der Waals surface area (Å²) >= 11 is 14.1. The van der Waals surface area contributed by atoms with Crippen molar-refractivity contribution in [3.63, 3.8) is 0 Å². The molecule has 0 spiro atoms. The van der Waals surface area contributed by atoms with E-state index in [1.807, 2.05) is 72.8 Å². The van der Waals surface area contributed by atoms with Gasteiger partial charge in [0.2, 0.25) is 0 Å². The zero-order chi connectivity index (χ0) is 31.2. The van der Waals surface area contributed by atoms with E-state index in [0.29, 0.717) is 46.9 Å². The summed E-state index contributed by atoms with van der Waals surface area (Å²) in [7, 11) is 1.73. The third kappa shape index (κ3) is 5.53. The molecule has 0 saturated carbocycles. The zero-order valence-electron chi connectivity index (χ0n) is 24.6. The standard InChI is InChI=1S/C35H31Cl2N3O5/c1-38-28-10-8-21(16-30(28)44-19-32(38)42)24-4-2-6-26(34(24)36)27-7-3-5-25(35(27)37)22-9-11-29-31(17-22)45-20-33(43)40(29)15-14-39-13-12-23(41)18-39/h2-11,16-17,23,41H,12-15,18-20H2,1H3. The van der Waals surface area contributed by atoms with E-state index in [4.69, 9.17) is 32.7 Å². The largest absolute Gasteiger partial charge is 0.482 e. The van der Waals surface area contributed by atoms with Crippen LogP contribution in [0.1, 0.15) is 6.42 Å². The maximum Gasteiger partial charge on any atom is 0.265 e. The molecule has 1 unspecified atom stereocenters. The fraction of sp³-hybridized carbons (Fsp3) is 0.257. The Morgan fingerprint density at radius 3 is 1.91 bits per heavy atom. The number of carbonyl (C=O) groups is 2. The van der Waals surface area contributed by atoms with E-state index in [-0.39, 0.29) is 31.1 Å². The first-order valence-corrected chi connectivity index (χ1v) is 15.6. The van der Waals surface area contributed by atoms with Crippen LogP contribution in [0, 0.1) is 0 Å². The van der Waals surface area contributed by atoms with Crippen molar-refractivity contribution >= 4 is 46.4 Å². The Hall–Kier alpha value is -4.08. The second-order valence-electron chi connectivity index (χ2n) is 11.5. The molecule has 3 aliphatic heterocycles. The van der Waals surface area contributed by atoms with E-state index in [2.05, 4.69) is 4.90 Å². The van der Waals surface area contributed by atoms with Crippen molar-refractivity contribution in [3.05, 3.63) is 82.8 Å². The maximum atomic E-state index is 12.8. The lowest BCUT2D eigenvalue weighted by atomic mass is 9.95. The summed E-state index contributed by atoms with van der Waals surface area (Å²) in [6.07, 6.45) is 0.461. The number of hydrogen-bond donors (Lipinski definition) is 1. The fourth-order valence-corrected chi connectivity index (χ4v) is 6.92. The molecule has 10 heteroatoms. The number of aliphatic hydroxyl groups is 1. The van der Waals surface area contributed by atoms with Crippen molar-refractivity contribution in [2.24, 2.45) is 0 Å². The van der Waals surface area contributed by atoms with Gasteiger partial charge in [-0.15, -0.1) is 0 Å². The molecule has 45 heavy (non-hydrogen) atoms. The number of benzene rings is 4. The first kappa shape index (κ1) is 29.6. The van der Waals surface area contributed by atoms with Crippen molar-refractivity contribution < 1.29 is 24.2 Å². The molecule has 2 amide bonds. The summed E-state index contributed by atoms with van der Waals surface area (Å²) in [5.41, 5.74) is 6.35. The van der Waals surface area contributed by atoms with Gasteiger partial charge in [-0.1, -0.05) is 71.7 Å². The Morgan fingerprint density at radius 1 is 0.756 bits per heavy atom. The molecule has 4 aromatic rings. The number of amides is 2. The highest BCUT2D eigenvalue weighted by Gasteiger charge is 2.28. The second-order valence-corrected chi connectivity index (χ2v) is 12.3. The number of nitrogens with zero attached hydrogens (tertiary/aromatic N) is 3. The van der Waals surface area contributed by atoms with Gasteiger partial charge in [0.05, 0.1) is 27.5 Å². The lowest BCUT2D eigenvalue weighted by Crippen LogP contribution is -2.43. The minimum atomic E-state index is -0.299. The van der Waals surface area contributed by atoms with Crippen LogP contribution in [0.5, 0.6) is 11.5 Å². The topological polar surface area (TPSA) is 82.6 Å². The number of fused-ring (bicyclic) bond motifs is 2. The van der Waals surface area contributed by atoms with Crippen LogP contribution < -0.4 is 19.3 Å². The van der Waals surface area contributed by atoms with Crippen LogP contribution >= 0.6 is 23.2 Å². The van der Waals surface area contributed by atoms with E-state index in [1.54, 1.807) is 16.8 Å². The van der Waals surface area contributed by atoms with Crippen molar-refractivity contribution in [2.45, 2.75) is 12.5 Å². The highest BCUT2D eigenvalue weighted by atomic mass is 35.5. The van der Waals surface area contributed by atoms with Gasteiger partial charge in [-0.05, 0) is 41.8 Å². The molecule has 1 saturated heterocycles. The molecule has 7 rings (SSSR count). The summed E-state index contributed by atoms with van der Waals surface area (Å²) in [6.45, 7) is 2.64. The molecule has 0 bridgehead atoms. The van der Waals surface area contributed by atoms with Gasteiger partial charge in [0.15, 0.2) is 13.2 Å². The van der Waals surface area contributed by atoms with Crippen LogP contribution in [0.15, 0.2) is 72.8 Å². The Morgan fingerprint density at radius 2 is 1.31 bits per heavy atom. The second kappa shape index (κ2) is 12.0. The number of aliphatic hydroxyl groups excluding tert-OH is 1. The SMILES string of the molecule is CN1C(=O)COc2cc(-c3cccc(-c4cccc(-c5ccc6c(c5)OCC(=O)N6CCN5CCC(O)C5)c4Cl)c3Cl)ccc21. The summed E-state index contributed by atoms with van der Waals surface area (Å²) in [5.74, 6) is 1.06. The van der Waals surface area contributed by atoms with E-state index < -0.39 is 0 Å². The van der Waals surface area contributed by atoms with Crippen LogP contribution in [0.3, 0.4) is 0 Å². The molecule has 3 heterocycles. The highest BCUT2D eigenvalue weighted by molar-refractivity contribution is 6.39. The van der Waals surface area contributed by atoms with Gasteiger partial charge in [0.1, 0.15) is 11.5 Å². The van der Waals surface area contributed by atoms with E-state index in [0.717, 1.165) is 52.0 Å². The predicted octanol–water partition coefficient (Wildman–Crippen LogP) is 6.14. The molecule has 3 aliphatic rings. The van der Waals surface area contributed by atoms with Gasteiger partial charge in [-0.25, -0.2) is 0 Å². The van der Waals surface area contributed by atoms with Crippen molar-refractivity contribution in [2.75, 3.05) is 56.2 Å². The molecule has 1 atom stereocenters. The number of ether oxygens (including phenoxy) is 2. The van der Waals surface area contributed by atoms with Crippen LogP contribution in [-0.4, -0.2) is 74.4 Å². The molecular formula is C35H31Cl2N3O5. The number of β-amino-alcohol motifs (C(OH)–C–C–N with tert-alkyl or cyclic N) is 1. The minimum Gasteiger partial charge on any atom is -0.482 e. The molecule has 0 radical (unpaired) electrons. The average Bonchev–Trinajstić information content (AvgIpc) is 3.47. The molecule has 4 aromatic carbocycles. The summed E-state index contributed by atoms with van der Waals surface area (Å²) in [4.78, 5) is 30.3. The number of rotatable bonds is 6. The number of halogens is 2. The number of likely N-dealkylation sites (N-methyl/N-ethyl adjacent to an activating group) is 1. The molecule has 8 nitrogen and oxygen atoms in total. The molecule has 1 N–H and O–H groups in total. The van der Waals surface area contributed by atoms with E-state index in [1.165, 1.54) is 0 Å². The Labute approximate surface area is 271 Å². The Balaban J connectivity index is 1.18. The average molecular weight is 645 g/mol. The predicted molar refractivity (Wildman–Crippen MR) is 177 cm³/mol. The molecule has 230 valence electrons. The van der Waals surface area contributed by atoms with Gasteiger partial charge < -0.3 is 24.4 Å². The fourth-order valence-electron chi connectivity index (χ4n) is 6.24. The van der Waals surface area contributed by atoms with Crippen molar-refractivity contribution in [1.82, 2.24) is 4.90 Å². The molecule has 0 aliphatic carbocycles. The third-order valence-corrected chi connectivity index (χ3v) is 9.56. The van der Waals surface area contributed by atoms with Gasteiger partial charge in [-0.2, -0.15) is 0 Å². The maximum absolute atomic E-state index is 12.8. The molecular weight excluding hydrogens is 613 g/mol. The monoisotopic (exact) mass is 643 g/mol. The Kier molecular flexibility index (Phi) is 7.91. The summed E-state index contributed by atoms with van der Waals surface area (Å²) in [5, 5.41) is 10.9. The van der Waals surface area contributed by atoms with Gasteiger partial charge >= 0.3 is 0 Å². The number of likely N-dealkylation sites (tertiary alicyclic amines) is 1.